The molecule has 0 aromatic heterocycles. The molecule has 0 bridgehead atoms. The number of amides is 2. The molecule has 0 saturated carbocycles. The van der Waals surface area contributed by atoms with Gasteiger partial charge in [-0.15, -0.1) is 11.8 Å². The summed E-state index contributed by atoms with van der Waals surface area (Å²) in [4.78, 5) is 24.4. The average Bonchev–Trinajstić information content (AvgIpc) is 2.71. The Balaban J connectivity index is 1.43. The Hall–Kier alpha value is -2.33. The first-order valence-corrected chi connectivity index (χ1v) is 10.2. The predicted molar refractivity (Wildman–Crippen MR) is 111 cm³/mol. The molecule has 2 aromatic carbocycles. The second-order valence-corrected chi connectivity index (χ2v) is 7.77. The van der Waals surface area contributed by atoms with Crippen LogP contribution < -0.4 is 26.2 Å². The molecule has 7 nitrogen and oxygen atoms in total. The summed E-state index contributed by atoms with van der Waals surface area (Å²) in [6, 6.07) is 11.0. The van der Waals surface area contributed by atoms with Crippen LogP contribution in [0.3, 0.4) is 0 Å². The van der Waals surface area contributed by atoms with E-state index in [9.17, 15) is 14.0 Å². The number of carbonyl (C=O) groups excluding carboxylic acids is 2. The second-order valence-electron chi connectivity index (χ2n) is 6.27. The van der Waals surface area contributed by atoms with E-state index >= 15 is 0 Å². The molecule has 4 N–H and O–H groups in total. The van der Waals surface area contributed by atoms with E-state index < -0.39 is 17.4 Å². The minimum Gasteiger partial charge on any atom is -0.497 e. The number of hydrogen-bond donors (Lipinski definition) is 4. The maximum Gasteiger partial charge on any atom is 0.240 e. The normalized spacial score (nSPS) is 18.8. The van der Waals surface area contributed by atoms with Crippen LogP contribution in [0, 0.1) is 5.82 Å². The maximum absolute atomic E-state index is 13.2. The first-order valence-electron chi connectivity index (χ1n) is 8.75. The molecule has 29 heavy (non-hydrogen) atoms. The summed E-state index contributed by atoms with van der Waals surface area (Å²) in [7, 11) is 1.60. The van der Waals surface area contributed by atoms with Crippen LogP contribution in [0.2, 0.25) is 5.02 Å². The Labute approximate surface area is 176 Å². The molecule has 10 heteroatoms. The van der Waals surface area contributed by atoms with Gasteiger partial charge in [-0.05, 0) is 42.3 Å². The Morgan fingerprint density at radius 2 is 2.00 bits per heavy atom. The lowest BCUT2D eigenvalue weighted by atomic mass is 10.1. The number of carbonyl (C=O) groups is 2. The number of rotatable bonds is 7. The molecule has 0 radical (unpaired) electrons. The summed E-state index contributed by atoms with van der Waals surface area (Å²) in [5, 5.41) is 5.38. The van der Waals surface area contributed by atoms with Crippen LogP contribution in [0.1, 0.15) is 5.56 Å². The average molecular weight is 439 g/mol. The van der Waals surface area contributed by atoms with Gasteiger partial charge in [0.2, 0.25) is 11.8 Å². The minimum atomic E-state index is -0.552. The van der Waals surface area contributed by atoms with Gasteiger partial charge in [-0.3, -0.25) is 9.59 Å². The van der Waals surface area contributed by atoms with E-state index in [0.717, 1.165) is 11.3 Å². The zero-order chi connectivity index (χ0) is 20.8. The summed E-state index contributed by atoms with van der Waals surface area (Å²) in [6.45, 7) is 0. The monoisotopic (exact) mass is 438 g/mol. The molecule has 2 amide bonds. The van der Waals surface area contributed by atoms with Crippen molar-refractivity contribution in [2.45, 2.75) is 18.0 Å². The number of anilines is 1. The van der Waals surface area contributed by atoms with Gasteiger partial charge < -0.3 is 15.4 Å². The Morgan fingerprint density at radius 3 is 2.66 bits per heavy atom. The van der Waals surface area contributed by atoms with E-state index in [0.29, 0.717) is 12.1 Å². The van der Waals surface area contributed by atoms with Gasteiger partial charge in [0, 0.05) is 5.69 Å². The third kappa shape index (κ3) is 6.07. The van der Waals surface area contributed by atoms with Crippen LogP contribution in [0.25, 0.3) is 0 Å². The Kier molecular flexibility index (Phi) is 7.32. The van der Waals surface area contributed by atoms with Crippen molar-refractivity contribution in [3.05, 3.63) is 58.9 Å². The van der Waals surface area contributed by atoms with Crippen molar-refractivity contribution >= 4 is 40.9 Å². The number of thioether (sulfide) groups is 1. The van der Waals surface area contributed by atoms with E-state index in [1.165, 1.54) is 30.0 Å². The summed E-state index contributed by atoms with van der Waals surface area (Å²) >= 11 is 6.90. The van der Waals surface area contributed by atoms with E-state index in [4.69, 9.17) is 16.3 Å². The van der Waals surface area contributed by atoms with Gasteiger partial charge in [0.1, 0.15) is 23.1 Å². The second kappa shape index (κ2) is 9.93. The Morgan fingerprint density at radius 1 is 1.24 bits per heavy atom. The summed E-state index contributed by atoms with van der Waals surface area (Å²) < 4.78 is 18.3. The lowest BCUT2D eigenvalue weighted by Gasteiger charge is -2.31. The fourth-order valence-corrected chi connectivity index (χ4v) is 3.58. The molecule has 1 aliphatic heterocycles. The topological polar surface area (TPSA) is 91.5 Å². The molecule has 1 fully saturated rings. The quantitative estimate of drug-likeness (QED) is 0.530. The number of benzene rings is 2. The number of ether oxygens (including phenoxy) is 1. The molecule has 2 atom stereocenters. The first kappa shape index (κ1) is 21.4. The summed E-state index contributed by atoms with van der Waals surface area (Å²) in [5.41, 5.74) is 6.89. The molecule has 0 aliphatic carbocycles. The van der Waals surface area contributed by atoms with E-state index in [1.807, 2.05) is 24.3 Å². The van der Waals surface area contributed by atoms with Crippen molar-refractivity contribution in [3.8, 4) is 5.75 Å². The van der Waals surface area contributed by atoms with Crippen molar-refractivity contribution < 1.29 is 18.7 Å². The predicted octanol–water partition coefficient (Wildman–Crippen LogP) is 2.28. The first-order chi connectivity index (χ1) is 13.9. The molecule has 2 aromatic rings. The largest absolute Gasteiger partial charge is 0.497 e. The lowest BCUT2D eigenvalue weighted by molar-refractivity contribution is -0.125. The highest BCUT2D eigenvalue weighted by Crippen LogP contribution is 2.20. The summed E-state index contributed by atoms with van der Waals surface area (Å²) in [6.07, 6.45) is 0.506. The van der Waals surface area contributed by atoms with Gasteiger partial charge >= 0.3 is 0 Å². The van der Waals surface area contributed by atoms with Crippen molar-refractivity contribution in [2.24, 2.45) is 0 Å². The molecule has 3 rings (SSSR count). The van der Waals surface area contributed by atoms with Crippen molar-refractivity contribution in [1.82, 2.24) is 16.2 Å². The van der Waals surface area contributed by atoms with Gasteiger partial charge in [-0.2, -0.15) is 0 Å². The van der Waals surface area contributed by atoms with Crippen molar-refractivity contribution in [2.75, 3.05) is 18.2 Å². The highest BCUT2D eigenvalue weighted by atomic mass is 35.5. The third-order valence-corrected chi connectivity index (χ3v) is 5.45. The number of halogens is 2. The number of nitrogens with one attached hydrogen (secondary N) is 4. The Bertz CT molecular complexity index is 884. The van der Waals surface area contributed by atoms with Crippen molar-refractivity contribution in [3.63, 3.8) is 0 Å². The van der Waals surface area contributed by atoms with Crippen LogP contribution >= 0.6 is 23.4 Å². The van der Waals surface area contributed by atoms with Crippen LogP contribution in [-0.2, 0) is 16.0 Å². The lowest BCUT2D eigenvalue weighted by Crippen LogP contribution is -2.64. The van der Waals surface area contributed by atoms with E-state index in [1.54, 1.807) is 7.11 Å². The van der Waals surface area contributed by atoms with E-state index in [2.05, 4.69) is 21.5 Å². The van der Waals surface area contributed by atoms with Crippen LogP contribution in [0.5, 0.6) is 5.75 Å². The smallest absolute Gasteiger partial charge is 0.240 e. The van der Waals surface area contributed by atoms with Crippen LogP contribution in [0.4, 0.5) is 10.1 Å². The number of hydrazine groups is 1. The van der Waals surface area contributed by atoms with E-state index in [-0.39, 0.29) is 22.6 Å². The maximum atomic E-state index is 13.2. The third-order valence-electron chi connectivity index (χ3n) is 4.16. The highest BCUT2D eigenvalue weighted by Gasteiger charge is 2.27. The van der Waals surface area contributed by atoms with Crippen LogP contribution in [-0.4, -0.2) is 36.2 Å². The highest BCUT2D eigenvalue weighted by molar-refractivity contribution is 8.00. The van der Waals surface area contributed by atoms with Gasteiger partial charge in [0.25, 0.3) is 0 Å². The molecular weight excluding hydrogens is 419 g/mol. The van der Waals surface area contributed by atoms with Gasteiger partial charge in [0.05, 0.1) is 17.9 Å². The van der Waals surface area contributed by atoms with Gasteiger partial charge in [-0.25, -0.2) is 15.2 Å². The molecule has 154 valence electrons. The van der Waals surface area contributed by atoms with Gasteiger partial charge in [-0.1, -0.05) is 23.7 Å². The number of hydrogen-bond acceptors (Lipinski definition) is 6. The molecule has 2 unspecified atom stereocenters. The SMILES string of the molecule is COc1ccc(CC2NNC(SCC(=O)Nc3ccc(F)c(Cl)c3)NC2=O)cc1. The van der Waals surface area contributed by atoms with Crippen LogP contribution in [0.15, 0.2) is 42.5 Å². The van der Waals surface area contributed by atoms with Gasteiger partial charge in [0.15, 0.2) is 0 Å². The fourth-order valence-electron chi connectivity index (χ4n) is 2.66. The molecular formula is C19H20ClFN4O3S. The molecule has 1 saturated heterocycles. The molecule has 0 spiro atoms. The summed E-state index contributed by atoms with van der Waals surface area (Å²) in [5.74, 6) is -0.177. The minimum absolute atomic E-state index is 0.0660. The zero-order valence-electron chi connectivity index (χ0n) is 15.5. The fraction of sp³-hybridized carbons (Fsp3) is 0.263. The standard InChI is InChI=1S/C19H20ClFN4O3S/c1-28-13-5-2-11(3-6-13)8-16-18(27)23-19(25-24-16)29-10-17(26)22-12-4-7-15(21)14(20)9-12/h2-7,9,16,19,24-25H,8,10H2,1H3,(H,22,26)(H,23,27). The zero-order valence-corrected chi connectivity index (χ0v) is 17.1. The van der Waals surface area contributed by atoms with Crippen molar-refractivity contribution in [1.29, 1.82) is 0 Å². The number of methoxy groups -OCH3 is 1. The molecule has 1 aliphatic rings. The molecule has 1 heterocycles.